The van der Waals surface area contributed by atoms with Crippen molar-refractivity contribution in [1.82, 2.24) is 0 Å². The van der Waals surface area contributed by atoms with Crippen molar-refractivity contribution in [3.05, 3.63) is 59.7 Å². The van der Waals surface area contributed by atoms with Crippen LogP contribution in [0, 0.1) is 0 Å². The molecule has 0 aromatic heterocycles. The predicted molar refractivity (Wildman–Crippen MR) is 84.0 cm³/mol. The number of hydrogen-bond acceptors (Lipinski definition) is 2. The zero-order valence-electron chi connectivity index (χ0n) is 11.7. The average molecular weight is 254 g/mol. The monoisotopic (exact) mass is 254 g/mol. The fraction of sp³-hybridized carbons (Fsp3) is 0.294. The van der Waals surface area contributed by atoms with Crippen LogP contribution in [-0.4, -0.2) is 13.1 Å². The molecule has 2 rings (SSSR count). The molecule has 0 saturated heterocycles. The minimum absolute atomic E-state index is 0.958. The summed E-state index contributed by atoms with van der Waals surface area (Å²) in [7, 11) is 0. The Morgan fingerprint density at radius 3 is 1.63 bits per heavy atom. The lowest BCUT2D eigenvalue weighted by Crippen LogP contribution is -1.99. The summed E-state index contributed by atoms with van der Waals surface area (Å²) in [5.74, 6) is 0. The van der Waals surface area contributed by atoms with Crippen LogP contribution >= 0.6 is 0 Å². The van der Waals surface area contributed by atoms with Crippen molar-refractivity contribution in [2.45, 2.75) is 20.3 Å². The highest BCUT2D eigenvalue weighted by molar-refractivity contribution is 5.49. The molecule has 0 saturated carbocycles. The molecule has 0 amide bonds. The summed E-state index contributed by atoms with van der Waals surface area (Å²) in [6.45, 7) is 6.15. The standard InChI is InChI=1S/C17H22N2/c1-3-18-16-9-5-7-14(12-16)11-15-8-6-10-17(13-15)19-4-2/h5-10,12-13,18-19H,3-4,11H2,1-2H3. The molecule has 0 aliphatic carbocycles. The van der Waals surface area contributed by atoms with Gasteiger partial charge in [0.15, 0.2) is 0 Å². The van der Waals surface area contributed by atoms with Crippen molar-refractivity contribution in [2.75, 3.05) is 23.7 Å². The molecule has 0 fully saturated rings. The van der Waals surface area contributed by atoms with Crippen LogP contribution in [0.25, 0.3) is 0 Å². The Labute approximate surface area is 115 Å². The lowest BCUT2D eigenvalue weighted by atomic mass is 10.0. The molecular formula is C17H22N2. The highest BCUT2D eigenvalue weighted by atomic mass is 14.9. The summed E-state index contributed by atoms with van der Waals surface area (Å²) in [4.78, 5) is 0. The summed E-state index contributed by atoms with van der Waals surface area (Å²) in [5.41, 5.74) is 5.07. The first-order valence-electron chi connectivity index (χ1n) is 6.97. The molecule has 0 atom stereocenters. The van der Waals surface area contributed by atoms with Crippen LogP contribution in [0.3, 0.4) is 0 Å². The van der Waals surface area contributed by atoms with Crippen molar-refractivity contribution in [3.8, 4) is 0 Å². The number of benzene rings is 2. The van der Waals surface area contributed by atoms with E-state index in [1.165, 1.54) is 22.5 Å². The number of hydrogen-bond donors (Lipinski definition) is 2. The Morgan fingerprint density at radius 2 is 1.21 bits per heavy atom. The third-order valence-corrected chi connectivity index (χ3v) is 3.02. The second-order valence-corrected chi connectivity index (χ2v) is 4.64. The molecule has 0 spiro atoms. The smallest absolute Gasteiger partial charge is 0.0342 e. The highest BCUT2D eigenvalue weighted by Crippen LogP contribution is 2.17. The minimum Gasteiger partial charge on any atom is -0.385 e. The summed E-state index contributed by atoms with van der Waals surface area (Å²) >= 11 is 0. The van der Waals surface area contributed by atoms with Gasteiger partial charge in [0.05, 0.1) is 0 Å². The first-order valence-corrected chi connectivity index (χ1v) is 6.97. The molecule has 0 aliphatic heterocycles. The number of nitrogens with one attached hydrogen (secondary N) is 2. The third kappa shape index (κ3) is 4.02. The summed E-state index contributed by atoms with van der Waals surface area (Å²) < 4.78 is 0. The van der Waals surface area contributed by atoms with Crippen molar-refractivity contribution < 1.29 is 0 Å². The van der Waals surface area contributed by atoms with Crippen LogP contribution in [0.15, 0.2) is 48.5 Å². The molecular weight excluding hydrogens is 232 g/mol. The van der Waals surface area contributed by atoms with E-state index in [0.717, 1.165) is 19.5 Å². The van der Waals surface area contributed by atoms with Gasteiger partial charge < -0.3 is 10.6 Å². The van der Waals surface area contributed by atoms with Crippen molar-refractivity contribution in [1.29, 1.82) is 0 Å². The first-order chi connectivity index (χ1) is 9.31. The lowest BCUT2D eigenvalue weighted by Gasteiger charge is -2.08. The minimum atomic E-state index is 0.958. The third-order valence-electron chi connectivity index (χ3n) is 3.02. The molecule has 2 heteroatoms. The largest absolute Gasteiger partial charge is 0.385 e. The van der Waals surface area contributed by atoms with E-state index in [9.17, 15) is 0 Å². The van der Waals surface area contributed by atoms with Crippen LogP contribution in [-0.2, 0) is 6.42 Å². The Bertz CT molecular complexity index is 473. The maximum Gasteiger partial charge on any atom is 0.0342 e. The van der Waals surface area contributed by atoms with Gasteiger partial charge in [0, 0.05) is 24.5 Å². The Hall–Kier alpha value is -1.96. The topological polar surface area (TPSA) is 24.1 Å². The number of anilines is 2. The molecule has 0 unspecified atom stereocenters. The first kappa shape index (κ1) is 13.5. The lowest BCUT2D eigenvalue weighted by molar-refractivity contribution is 1.16. The maximum absolute atomic E-state index is 3.35. The Balaban J connectivity index is 2.11. The van der Waals surface area contributed by atoms with Gasteiger partial charge in [0.2, 0.25) is 0 Å². The van der Waals surface area contributed by atoms with E-state index >= 15 is 0 Å². The highest BCUT2D eigenvalue weighted by Gasteiger charge is 1.99. The summed E-state index contributed by atoms with van der Waals surface area (Å²) in [6.07, 6.45) is 0.971. The quantitative estimate of drug-likeness (QED) is 0.809. The molecule has 19 heavy (non-hydrogen) atoms. The van der Waals surface area contributed by atoms with Crippen LogP contribution in [0.1, 0.15) is 25.0 Å². The normalized spacial score (nSPS) is 10.2. The van der Waals surface area contributed by atoms with E-state index in [-0.39, 0.29) is 0 Å². The van der Waals surface area contributed by atoms with Gasteiger partial charge in [-0.05, 0) is 55.7 Å². The second kappa shape index (κ2) is 6.83. The van der Waals surface area contributed by atoms with Gasteiger partial charge in [0.25, 0.3) is 0 Å². The van der Waals surface area contributed by atoms with Crippen molar-refractivity contribution in [3.63, 3.8) is 0 Å². The van der Waals surface area contributed by atoms with Gasteiger partial charge in [-0.15, -0.1) is 0 Å². The van der Waals surface area contributed by atoms with Crippen LogP contribution in [0.2, 0.25) is 0 Å². The number of rotatable bonds is 6. The molecule has 0 aliphatic rings. The second-order valence-electron chi connectivity index (χ2n) is 4.64. The van der Waals surface area contributed by atoms with E-state index in [1.54, 1.807) is 0 Å². The molecule has 100 valence electrons. The van der Waals surface area contributed by atoms with Crippen LogP contribution in [0.4, 0.5) is 11.4 Å². The zero-order valence-corrected chi connectivity index (χ0v) is 11.7. The fourth-order valence-corrected chi connectivity index (χ4v) is 2.23. The molecule has 2 nitrogen and oxygen atoms in total. The van der Waals surface area contributed by atoms with Gasteiger partial charge in [-0.1, -0.05) is 24.3 Å². The average Bonchev–Trinajstić information content (AvgIpc) is 2.40. The van der Waals surface area contributed by atoms with Gasteiger partial charge in [-0.25, -0.2) is 0 Å². The van der Waals surface area contributed by atoms with Gasteiger partial charge in [0.1, 0.15) is 0 Å². The maximum atomic E-state index is 3.35. The van der Waals surface area contributed by atoms with E-state index in [2.05, 4.69) is 73.0 Å². The van der Waals surface area contributed by atoms with Crippen LogP contribution in [0.5, 0.6) is 0 Å². The van der Waals surface area contributed by atoms with E-state index in [4.69, 9.17) is 0 Å². The molecule has 0 radical (unpaired) electrons. The van der Waals surface area contributed by atoms with Gasteiger partial charge in [-0.3, -0.25) is 0 Å². The van der Waals surface area contributed by atoms with E-state index in [0.29, 0.717) is 0 Å². The van der Waals surface area contributed by atoms with Crippen LogP contribution < -0.4 is 10.6 Å². The SMILES string of the molecule is CCNc1cccc(Cc2cccc(NCC)c2)c1. The molecule has 0 heterocycles. The van der Waals surface area contributed by atoms with E-state index in [1.807, 2.05) is 0 Å². The molecule has 2 aromatic rings. The van der Waals surface area contributed by atoms with Gasteiger partial charge >= 0.3 is 0 Å². The Morgan fingerprint density at radius 1 is 0.737 bits per heavy atom. The molecule has 2 aromatic carbocycles. The summed E-state index contributed by atoms with van der Waals surface area (Å²) in [5, 5.41) is 6.71. The zero-order chi connectivity index (χ0) is 13.5. The fourth-order valence-electron chi connectivity index (χ4n) is 2.23. The van der Waals surface area contributed by atoms with E-state index < -0.39 is 0 Å². The van der Waals surface area contributed by atoms with Crippen molar-refractivity contribution >= 4 is 11.4 Å². The molecule has 2 N–H and O–H groups in total. The molecule has 0 bridgehead atoms. The summed E-state index contributed by atoms with van der Waals surface area (Å²) in [6, 6.07) is 17.3. The van der Waals surface area contributed by atoms with Gasteiger partial charge in [-0.2, -0.15) is 0 Å². The predicted octanol–water partition coefficient (Wildman–Crippen LogP) is 4.14. The van der Waals surface area contributed by atoms with Crippen molar-refractivity contribution in [2.24, 2.45) is 0 Å². The Kier molecular flexibility index (Phi) is 4.85.